The minimum Gasteiger partial charge on any atom is -0.481 e. The molecular weight excluding hydrogens is 192 g/mol. The lowest BCUT2D eigenvalue weighted by Crippen LogP contribution is -2.22. The van der Waals surface area contributed by atoms with Crippen molar-refractivity contribution in [3.05, 3.63) is 29.6 Å². The Balaban J connectivity index is 2.88. The van der Waals surface area contributed by atoms with Crippen LogP contribution >= 0.6 is 0 Å². The Morgan fingerprint density at radius 3 is 2.60 bits per heavy atom. The Bertz CT molecular complexity index is 333. The molecule has 15 heavy (non-hydrogen) atoms. The first-order chi connectivity index (χ1) is 7.00. The minimum atomic E-state index is -0.797. The first-order valence-corrected chi connectivity index (χ1v) is 4.81. The molecule has 1 aromatic rings. The van der Waals surface area contributed by atoms with E-state index in [1.165, 1.54) is 0 Å². The second-order valence-corrected chi connectivity index (χ2v) is 3.81. The average molecular weight is 208 g/mol. The van der Waals surface area contributed by atoms with Crippen molar-refractivity contribution in [1.82, 2.24) is 9.88 Å². The van der Waals surface area contributed by atoms with Crippen molar-refractivity contribution in [2.75, 3.05) is 14.1 Å². The number of hydrogen-bond donors (Lipinski definition) is 1. The molecule has 0 saturated heterocycles. The molecule has 0 fully saturated rings. The van der Waals surface area contributed by atoms with Crippen LogP contribution in [0.25, 0.3) is 0 Å². The smallest absolute Gasteiger partial charge is 0.305 e. The van der Waals surface area contributed by atoms with Crippen molar-refractivity contribution in [3.8, 4) is 0 Å². The van der Waals surface area contributed by atoms with Crippen LogP contribution in [0.4, 0.5) is 0 Å². The van der Waals surface area contributed by atoms with Gasteiger partial charge in [0.05, 0.1) is 6.42 Å². The van der Waals surface area contributed by atoms with Crippen molar-refractivity contribution in [3.63, 3.8) is 0 Å². The van der Waals surface area contributed by atoms with E-state index in [2.05, 4.69) is 4.98 Å². The van der Waals surface area contributed by atoms with Crippen LogP contribution in [0.15, 0.2) is 18.3 Å². The van der Waals surface area contributed by atoms with Crippen molar-refractivity contribution >= 4 is 5.97 Å². The molecule has 1 aromatic heterocycles. The fourth-order valence-corrected chi connectivity index (χ4v) is 1.44. The number of carbonyl (C=O) groups is 1. The van der Waals surface area contributed by atoms with Crippen molar-refractivity contribution < 1.29 is 9.90 Å². The first kappa shape index (κ1) is 11.7. The van der Waals surface area contributed by atoms with Gasteiger partial charge in [-0.15, -0.1) is 0 Å². The summed E-state index contributed by atoms with van der Waals surface area (Å²) in [5, 5.41) is 8.80. The number of aryl methyl sites for hydroxylation is 1. The topological polar surface area (TPSA) is 53.4 Å². The third-order valence-corrected chi connectivity index (χ3v) is 2.31. The predicted octanol–water partition coefficient (Wildman–Crippen LogP) is 1.47. The van der Waals surface area contributed by atoms with E-state index in [9.17, 15) is 4.79 Å². The maximum absolute atomic E-state index is 10.7. The first-order valence-electron chi connectivity index (χ1n) is 4.81. The van der Waals surface area contributed by atoms with Gasteiger partial charge in [0.2, 0.25) is 0 Å². The number of pyridine rings is 1. The predicted molar refractivity (Wildman–Crippen MR) is 57.7 cm³/mol. The van der Waals surface area contributed by atoms with Gasteiger partial charge in [0.15, 0.2) is 0 Å². The standard InChI is InChI=1S/C11H16N2O2/c1-8-4-5-9(7-12-8)10(13(2)3)6-11(14)15/h4-5,7,10H,6H2,1-3H3,(H,14,15). The molecule has 1 atom stereocenters. The van der Waals surface area contributed by atoms with Gasteiger partial charge in [-0.2, -0.15) is 0 Å². The van der Waals surface area contributed by atoms with Crippen LogP contribution in [0.1, 0.15) is 23.7 Å². The molecule has 0 aliphatic heterocycles. The summed E-state index contributed by atoms with van der Waals surface area (Å²) in [7, 11) is 3.74. The quantitative estimate of drug-likeness (QED) is 0.814. The molecule has 1 unspecified atom stereocenters. The number of aromatic nitrogens is 1. The van der Waals surface area contributed by atoms with Gasteiger partial charge in [0, 0.05) is 17.9 Å². The summed E-state index contributed by atoms with van der Waals surface area (Å²) in [6.45, 7) is 1.91. The largest absolute Gasteiger partial charge is 0.481 e. The van der Waals surface area contributed by atoms with Crippen molar-refractivity contribution in [2.24, 2.45) is 0 Å². The Hall–Kier alpha value is -1.42. The third-order valence-electron chi connectivity index (χ3n) is 2.31. The highest BCUT2D eigenvalue weighted by Gasteiger charge is 2.17. The molecule has 1 N–H and O–H groups in total. The molecule has 0 radical (unpaired) electrons. The number of carboxylic acids is 1. The number of aliphatic carboxylic acids is 1. The van der Waals surface area contributed by atoms with E-state index in [-0.39, 0.29) is 12.5 Å². The van der Waals surface area contributed by atoms with Gasteiger partial charge >= 0.3 is 5.97 Å². The van der Waals surface area contributed by atoms with E-state index in [0.29, 0.717) is 0 Å². The van der Waals surface area contributed by atoms with Crippen molar-refractivity contribution in [1.29, 1.82) is 0 Å². The molecule has 0 aromatic carbocycles. The second kappa shape index (κ2) is 4.89. The van der Waals surface area contributed by atoms with Gasteiger partial charge in [-0.25, -0.2) is 0 Å². The van der Waals surface area contributed by atoms with E-state index in [4.69, 9.17) is 5.11 Å². The van der Waals surface area contributed by atoms with Gasteiger partial charge in [0.25, 0.3) is 0 Å². The fraction of sp³-hybridized carbons (Fsp3) is 0.455. The summed E-state index contributed by atoms with van der Waals surface area (Å²) in [6, 6.07) is 3.71. The molecule has 0 aliphatic carbocycles. The lowest BCUT2D eigenvalue weighted by molar-refractivity contribution is -0.138. The molecule has 1 heterocycles. The lowest BCUT2D eigenvalue weighted by atomic mass is 10.0. The fourth-order valence-electron chi connectivity index (χ4n) is 1.44. The summed E-state index contributed by atoms with van der Waals surface area (Å²) < 4.78 is 0. The van der Waals surface area contributed by atoms with Crippen LogP contribution in [-0.4, -0.2) is 35.1 Å². The zero-order valence-corrected chi connectivity index (χ0v) is 9.27. The van der Waals surface area contributed by atoms with Crippen LogP contribution in [0, 0.1) is 6.92 Å². The molecule has 0 amide bonds. The van der Waals surface area contributed by atoms with Gasteiger partial charge in [-0.3, -0.25) is 9.78 Å². The van der Waals surface area contributed by atoms with E-state index in [1.807, 2.05) is 38.1 Å². The van der Waals surface area contributed by atoms with Crippen molar-refractivity contribution in [2.45, 2.75) is 19.4 Å². The monoisotopic (exact) mass is 208 g/mol. The van der Waals surface area contributed by atoms with Crippen LogP contribution in [-0.2, 0) is 4.79 Å². The van der Waals surface area contributed by atoms with Gasteiger partial charge in [-0.1, -0.05) is 6.07 Å². The maximum atomic E-state index is 10.7. The number of nitrogens with zero attached hydrogens (tertiary/aromatic N) is 2. The Labute approximate surface area is 89.6 Å². The minimum absolute atomic E-state index is 0.0950. The van der Waals surface area contributed by atoms with E-state index in [1.54, 1.807) is 6.20 Å². The van der Waals surface area contributed by atoms with Gasteiger partial charge in [-0.05, 0) is 32.6 Å². The molecule has 0 bridgehead atoms. The van der Waals surface area contributed by atoms with Gasteiger partial charge < -0.3 is 10.0 Å². The number of carboxylic acid groups (broad SMARTS) is 1. The molecule has 0 aliphatic rings. The Morgan fingerprint density at radius 2 is 2.20 bits per heavy atom. The molecule has 4 heteroatoms. The zero-order chi connectivity index (χ0) is 11.4. The van der Waals surface area contributed by atoms with E-state index >= 15 is 0 Å². The molecule has 82 valence electrons. The highest BCUT2D eigenvalue weighted by molar-refractivity contribution is 5.67. The molecule has 4 nitrogen and oxygen atoms in total. The SMILES string of the molecule is Cc1ccc(C(CC(=O)O)N(C)C)cn1. The molecule has 0 saturated carbocycles. The van der Waals surface area contributed by atoms with Crippen LogP contribution in [0.5, 0.6) is 0 Å². The third kappa shape index (κ3) is 3.32. The summed E-state index contributed by atoms with van der Waals surface area (Å²) in [4.78, 5) is 16.8. The summed E-state index contributed by atoms with van der Waals surface area (Å²) in [6.07, 6.45) is 1.83. The maximum Gasteiger partial charge on any atom is 0.305 e. The van der Waals surface area contributed by atoms with E-state index in [0.717, 1.165) is 11.3 Å². The summed E-state index contributed by atoms with van der Waals surface area (Å²) >= 11 is 0. The summed E-state index contributed by atoms with van der Waals surface area (Å²) in [5.74, 6) is -0.797. The zero-order valence-electron chi connectivity index (χ0n) is 9.27. The number of rotatable bonds is 4. The Kier molecular flexibility index (Phi) is 3.80. The molecule has 1 rings (SSSR count). The molecular formula is C11H16N2O2. The second-order valence-electron chi connectivity index (χ2n) is 3.81. The average Bonchev–Trinajstić information content (AvgIpc) is 2.15. The highest BCUT2D eigenvalue weighted by atomic mass is 16.4. The molecule has 0 spiro atoms. The number of hydrogen-bond acceptors (Lipinski definition) is 3. The Morgan fingerprint density at radius 1 is 1.53 bits per heavy atom. The van der Waals surface area contributed by atoms with Crippen LogP contribution < -0.4 is 0 Å². The summed E-state index contributed by atoms with van der Waals surface area (Å²) in [5.41, 5.74) is 1.87. The van der Waals surface area contributed by atoms with E-state index < -0.39 is 5.97 Å². The van der Waals surface area contributed by atoms with Crippen LogP contribution in [0.3, 0.4) is 0 Å². The van der Waals surface area contributed by atoms with Gasteiger partial charge in [0.1, 0.15) is 0 Å². The highest BCUT2D eigenvalue weighted by Crippen LogP contribution is 2.21. The normalized spacial score (nSPS) is 12.8. The lowest BCUT2D eigenvalue weighted by Gasteiger charge is -2.22. The van der Waals surface area contributed by atoms with Crippen LogP contribution in [0.2, 0.25) is 0 Å².